The summed E-state index contributed by atoms with van der Waals surface area (Å²) in [5.41, 5.74) is 0.999. The molecule has 1 aromatic heterocycles. The molecule has 6 nitrogen and oxygen atoms in total. The van der Waals surface area contributed by atoms with Crippen LogP contribution in [0.2, 0.25) is 5.02 Å². The first-order valence-electron chi connectivity index (χ1n) is 8.96. The zero-order chi connectivity index (χ0) is 19.8. The van der Waals surface area contributed by atoms with Gasteiger partial charge in [-0.15, -0.1) is 0 Å². The zero-order valence-corrected chi connectivity index (χ0v) is 15.9. The molecule has 0 radical (unpaired) electrons. The Morgan fingerprint density at radius 1 is 1.18 bits per heavy atom. The summed E-state index contributed by atoms with van der Waals surface area (Å²) in [6.07, 6.45) is 0. The average molecular weight is 400 g/mol. The Balaban J connectivity index is 1.92. The van der Waals surface area contributed by atoms with Crippen LogP contribution in [0.15, 0.2) is 51.7 Å². The molecule has 144 valence electrons. The van der Waals surface area contributed by atoms with Crippen molar-refractivity contribution < 1.29 is 19.1 Å². The lowest BCUT2D eigenvalue weighted by Crippen LogP contribution is -2.32. The number of halogens is 1. The zero-order valence-electron chi connectivity index (χ0n) is 15.1. The Bertz CT molecular complexity index is 1110. The number of nitrogens with zero attached hydrogens (tertiary/aromatic N) is 1. The van der Waals surface area contributed by atoms with Crippen LogP contribution in [0.25, 0.3) is 11.0 Å². The van der Waals surface area contributed by atoms with Crippen molar-refractivity contribution in [1.82, 2.24) is 4.90 Å². The molecule has 1 aliphatic rings. The van der Waals surface area contributed by atoms with Gasteiger partial charge < -0.3 is 19.2 Å². The van der Waals surface area contributed by atoms with Gasteiger partial charge in [0.25, 0.3) is 5.91 Å². The summed E-state index contributed by atoms with van der Waals surface area (Å²) in [6.45, 7) is 2.28. The fraction of sp³-hybridized carbons (Fsp3) is 0.238. The molecule has 1 unspecified atom stereocenters. The Morgan fingerprint density at radius 3 is 2.61 bits per heavy atom. The molecule has 0 saturated carbocycles. The van der Waals surface area contributed by atoms with Crippen molar-refractivity contribution in [3.63, 3.8) is 0 Å². The molecule has 1 amide bonds. The summed E-state index contributed by atoms with van der Waals surface area (Å²) >= 11 is 6.04. The number of ether oxygens (including phenoxy) is 1. The molecular formula is C21H18ClNO5. The van der Waals surface area contributed by atoms with E-state index in [1.165, 1.54) is 11.0 Å². The van der Waals surface area contributed by atoms with E-state index in [1.54, 1.807) is 24.3 Å². The van der Waals surface area contributed by atoms with Crippen LogP contribution in [-0.4, -0.2) is 35.7 Å². The van der Waals surface area contributed by atoms with Gasteiger partial charge in [0.2, 0.25) is 5.76 Å². The van der Waals surface area contributed by atoms with Gasteiger partial charge in [-0.3, -0.25) is 9.59 Å². The number of benzene rings is 2. The highest BCUT2D eigenvalue weighted by Gasteiger charge is 2.42. The van der Waals surface area contributed by atoms with E-state index in [0.717, 1.165) is 5.56 Å². The SMILES string of the molecule is CCOc1ccc(C2c3c(oc4ccc(Cl)cc4c3=O)C(=O)N2CCO)cc1. The molecule has 0 spiro atoms. The second kappa shape index (κ2) is 7.30. The highest BCUT2D eigenvalue weighted by atomic mass is 35.5. The predicted octanol–water partition coefficient (Wildman–Crippen LogP) is 3.38. The van der Waals surface area contributed by atoms with Crippen molar-refractivity contribution >= 4 is 28.5 Å². The molecule has 0 fully saturated rings. The molecule has 7 heteroatoms. The monoisotopic (exact) mass is 399 g/mol. The number of hydrogen-bond donors (Lipinski definition) is 1. The van der Waals surface area contributed by atoms with Crippen molar-refractivity contribution in [3.05, 3.63) is 74.6 Å². The number of aliphatic hydroxyl groups excluding tert-OH is 1. The first-order chi connectivity index (χ1) is 13.5. The fourth-order valence-electron chi connectivity index (χ4n) is 3.59. The summed E-state index contributed by atoms with van der Waals surface area (Å²) in [6, 6.07) is 11.3. The van der Waals surface area contributed by atoms with Gasteiger partial charge in [0.1, 0.15) is 11.3 Å². The average Bonchev–Trinajstić information content (AvgIpc) is 2.96. The second-order valence-electron chi connectivity index (χ2n) is 6.44. The molecule has 1 N–H and O–H groups in total. The molecule has 1 aliphatic heterocycles. The van der Waals surface area contributed by atoms with Gasteiger partial charge >= 0.3 is 0 Å². The molecule has 2 aromatic carbocycles. The number of carbonyl (C=O) groups is 1. The van der Waals surface area contributed by atoms with E-state index in [0.29, 0.717) is 28.3 Å². The minimum absolute atomic E-state index is 0.00663. The summed E-state index contributed by atoms with van der Waals surface area (Å²) in [7, 11) is 0. The maximum absolute atomic E-state index is 13.2. The number of fused-ring (bicyclic) bond motifs is 2. The highest BCUT2D eigenvalue weighted by molar-refractivity contribution is 6.31. The Hall–Kier alpha value is -2.83. The summed E-state index contributed by atoms with van der Waals surface area (Å²) in [4.78, 5) is 27.6. The van der Waals surface area contributed by atoms with Crippen molar-refractivity contribution in [2.24, 2.45) is 0 Å². The Kier molecular flexibility index (Phi) is 4.83. The Labute approximate surface area is 165 Å². The maximum Gasteiger partial charge on any atom is 0.290 e. The van der Waals surface area contributed by atoms with E-state index in [2.05, 4.69) is 0 Å². The van der Waals surface area contributed by atoms with Crippen LogP contribution in [0.5, 0.6) is 5.75 Å². The summed E-state index contributed by atoms with van der Waals surface area (Å²) in [5.74, 6) is 0.283. The molecule has 28 heavy (non-hydrogen) atoms. The standard InChI is InChI=1S/C21H18ClNO5/c1-2-27-14-6-3-12(4-7-14)18-17-19(25)15-11-13(22)5-8-16(15)28-20(17)21(26)23(18)9-10-24/h3-8,11,18,24H,2,9-10H2,1H3. The quantitative estimate of drug-likeness (QED) is 0.711. The highest BCUT2D eigenvalue weighted by Crippen LogP contribution is 2.38. The molecule has 0 saturated heterocycles. The smallest absolute Gasteiger partial charge is 0.290 e. The summed E-state index contributed by atoms with van der Waals surface area (Å²) in [5, 5.41) is 10.2. The van der Waals surface area contributed by atoms with Gasteiger partial charge in [-0.2, -0.15) is 0 Å². The third-order valence-corrected chi connectivity index (χ3v) is 5.01. The van der Waals surface area contributed by atoms with Crippen LogP contribution in [-0.2, 0) is 0 Å². The van der Waals surface area contributed by atoms with Crippen molar-refractivity contribution in [1.29, 1.82) is 0 Å². The van der Waals surface area contributed by atoms with Crippen molar-refractivity contribution in [2.75, 3.05) is 19.8 Å². The largest absolute Gasteiger partial charge is 0.494 e. The topological polar surface area (TPSA) is 80.0 Å². The lowest BCUT2D eigenvalue weighted by Gasteiger charge is -2.24. The number of hydrogen-bond acceptors (Lipinski definition) is 5. The van der Waals surface area contributed by atoms with E-state index in [4.69, 9.17) is 20.8 Å². The lowest BCUT2D eigenvalue weighted by atomic mass is 9.98. The first-order valence-corrected chi connectivity index (χ1v) is 9.33. The molecule has 0 aliphatic carbocycles. The van der Waals surface area contributed by atoms with E-state index >= 15 is 0 Å². The van der Waals surface area contributed by atoms with Crippen LogP contribution in [0, 0.1) is 0 Å². The second-order valence-corrected chi connectivity index (χ2v) is 6.88. The fourth-order valence-corrected chi connectivity index (χ4v) is 3.76. The van der Waals surface area contributed by atoms with Gasteiger partial charge in [-0.05, 0) is 42.8 Å². The van der Waals surface area contributed by atoms with E-state index in [9.17, 15) is 14.7 Å². The van der Waals surface area contributed by atoms with E-state index in [-0.39, 0.29) is 29.9 Å². The van der Waals surface area contributed by atoms with E-state index < -0.39 is 11.9 Å². The number of amides is 1. The number of aliphatic hydroxyl groups is 1. The molecular weight excluding hydrogens is 382 g/mol. The van der Waals surface area contributed by atoms with Crippen LogP contribution >= 0.6 is 11.6 Å². The van der Waals surface area contributed by atoms with Crippen molar-refractivity contribution in [2.45, 2.75) is 13.0 Å². The minimum Gasteiger partial charge on any atom is -0.494 e. The van der Waals surface area contributed by atoms with Gasteiger partial charge in [-0.1, -0.05) is 23.7 Å². The van der Waals surface area contributed by atoms with Gasteiger partial charge in [0, 0.05) is 11.6 Å². The van der Waals surface area contributed by atoms with Gasteiger partial charge in [0.05, 0.1) is 30.2 Å². The molecule has 3 aromatic rings. The van der Waals surface area contributed by atoms with Crippen LogP contribution < -0.4 is 10.2 Å². The minimum atomic E-state index is -0.648. The van der Waals surface area contributed by atoms with Crippen LogP contribution in [0.4, 0.5) is 0 Å². The third-order valence-electron chi connectivity index (χ3n) is 4.78. The van der Waals surface area contributed by atoms with Gasteiger partial charge in [-0.25, -0.2) is 0 Å². The molecule has 1 atom stereocenters. The molecule has 2 heterocycles. The van der Waals surface area contributed by atoms with Crippen LogP contribution in [0.3, 0.4) is 0 Å². The molecule has 4 rings (SSSR count). The first kappa shape index (κ1) is 18.5. The lowest BCUT2D eigenvalue weighted by molar-refractivity contribution is 0.0691. The normalized spacial score (nSPS) is 15.9. The summed E-state index contributed by atoms with van der Waals surface area (Å²) < 4.78 is 11.3. The maximum atomic E-state index is 13.2. The van der Waals surface area contributed by atoms with Gasteiger partial charge in [0.15, 0.2) is 5.43 Å². The van der Waals surface area contributed by atoms with E-state index in [1.807, 2.05) is 19.1 Å². The number of β-amino-alcohol motifs (C(OH)–C–C–N with tert-alkyl or cyclic N) is 1. The third kappa shape index (κ3) is 2.95. The molecule has 0 bridgehead atoms. The van der Waals surface area contributed by atoms with Crippen molar-refractivity contribution in [3.8, 4) is 5.75 Å². The Morgan fingerprint density at radius 2 is 1.93 bits per heavy atom. The van der Waals surface area contributed by atoms with Crippen LogP contribution in [0.1, 0.15) is 34.6 Å². The number of carbonyl (C=O) groups excluding carboxylic acids is 1. The number of rotatable bonds is 5. The predicted molar refractivity (Wildman–Crippen MR) is 105 cm³/mol.